The average Bonchev–Trinajstić information content (AvgIpc) is 3.23. The topological polar surface area (TPSA) is 72.6 Å². The first-order chi connectivity index (χ1) is 10.7. The Balaban J connectivity index is 1.78. The van der Waals surface area contributed by atoms with Crippen LogP contribution in [0.3, 0.4) is 0 Å². The number of amides is 1. The number of methoxy groups -OCH3 is 1. The van der Waals surface area contributed by atoms with Gasteiger partial charge in [0.25, 0.3) is 0 Å². The molecule has 0 aliphatic carbocycles. The van der Waals surface area contributed by atoms with Gasteiger partial charge in [0.15, 0.2) is 5.76 Å². The van der Waals surface area contributed by atoms with E-state index in [0.29, 0.717) is 22.2 Å². The molecule has 0 spiro atoms. The van der Waals surface area contributed by atoms with Crippen LogP contribution in [0.25, 0.3) is 10.6 Å². The van der Waals surface area contributed by atoms with Gasteiger partial charge in [-0.05, 0) is 11.4 Å². The van der Waals surface area contributed by atoms with E-state index in [1.807, 2.05) is 17.5 Å². The fraction of sp³-hybridized carbons (Fsp3) is 0.214. The highest BCUT2D eigenvalue weighted by Crippen LogP contribution is 2.31. The third kappa shape index (κ3) is 3.07. The Labute approximate surface area is 134 Å². The second-order valence-corrected chi connectivity index (χ2v) is 6.38. The number of ether oxygens (including phenoxy) is 1. The van der Waals surface area contributed by atoms with Crippen LogP contribution in [-0.2, 0) is 20.9 Å². The van der Waals surface area contributed by atoms with E-state index in [4.69, 9.17) is 4.52 Å². The van der Waals surface area contributed by atoms with Crippen molar-refractivity contribution in [1.29, 1.82) is 0 Å². The average molecular weight is 336 g/mol. The monoisotopic (exact) mass is 336 g/mol. The van der Waals surface area contributed by atoms with Crippen molar-refractivity contribution in [3.8, 4) is 10.6 Å². The minimum absolute atomic E-state index is 0.0687. The predicted molar refractivity (Wildman–Crippen MR) is 82.9 cm³/mol. The number of carbonyl (C=O) groups excluding carboxylic acids is 2. The maximum atomic E-state index is 12.0. The van der Waals surface area contributed by atoms with Crippen molar-refractivity contribution in [3.05, 3.63) is 40.4 Å². The lowest BCUT2D eigenvalue weighted by atomic mass is 10.3. The van der Waals surface area contributed by atoms with E-state index in [2.05, 4.69) is 9.89 Å². The van der Waals surface area contributed by atoms with Crippen molar-refractivity contribution in [1.82, 2.24) is 10.1 Å². The summed E-state index contributed by atoms with van der Waals surface area (Å²) in [5.74, 6) is 0.420. The highest BCUT2D eigenvalue weighted by atomic mass is 32.2. The van der Waals surface area contributed by atoms with Gasteiger partial charge in [-0.1, -0.05) is 23.0 Å². The molecule has 1 aliphatic rings. The van der Waals surface area contributed by atoms with Crippen LogP contribution < -0.4 is 0 Å². The summed E-state index contributed by atoms with van der Waals surface area (Å²) in [6, 6.07) is 5.67. The summed E-state index contributed by atoms with van der Waals surface area (Å²) in [6.45, 7) is 0.267. The zero-order chi connectivity index (χ0) is 15.5. The molecule has 0 saturated carbocycles. The molecule has 114 valence electrons. The van der Waals surface area contributed by atoms with Gasteiger partial charge in [-0.2, -0.15) is 0 Å². The SMILES string of the molecule is COC(=O)/C=C1/SCC(=O)N1Cc1cc(-c2cccs2)on1. The van der Waals surface area contributed by atoms with Crippen molar-refractivity contribution in [3.63, 3.8) is 0 Å². The fourth-order valence-corrected chi connectivity index (χ4v) is 3.55. The molecule has 1 saturated heterocycles. The zero-order valence-electron chi connectivity index (χ0n) is 11.6. The number of aromatic nitrogens is 1. The number of nitrogens with zero attached hydrogens (tertiary/aromatic N) is 2. The lowest BCUT2D eigenvalue weighted by molar-refractivity contribution is -0.134. The summed E-state index contributed by atoms with van der Waals surface area (Å²) in [5.41, 5.74) is 0.634. The van der Waals surface area contributed by atoms with Gasteiger partial charge >= 0.3 is 5.97 Å². The largest absolute Gasteiger partial charge is 0.466 e. The van der Waals surface area contributed by atoms with E-state index in [9.17, 15) is 9.59 Å². The fourth-order valence-electron chi connectivity index (χ4n) is 1.94. The maximum Gasteiger partial charge on any atom is 0.333 e. The van der Waals surface area contributed by atoms with Crippen molar-refractivity contribution in [2.24, 2.45) is 0 Å². The molecule has 2 aromatic rings. The van der Waals surface area contributed by atoms with Crippen LogP contribution in [0.2, 0.25) is 0 Å². The molecule has 8 heteroatoms. The van der Waals surface area contributed by atoms with E-state index >= 15 is 0 Å². The van der Waals surface area contributed by atoms with Gasteiger partial charge in [-0.15, -0.1) is 11.3 Å². The van der Waals surface area contributed by atoms with E-state index < -0.39 is 5.97 Å². The van der Waals surface area contributed by atoms with Crippen LogP contribution in [0.15, 0.2) is 39.2 Å². The van der Waals surface area contributed by atoms with E-state index in [1.165, 1.54) is 29.8 Å². The minimum Gasteiger partial charge on any atom is -0.466 e. The molecule has 3 rings (SSSR count). The third-order valence-corrected chi connectivity index (χ3v) is 4.91. The van der Waals surface area contributed by atoms with Gasteiger partial charge in [-0.25, -0.2) is 4.79 Å². The second kappa shape index (κ2) is 6.37. The smallest absolute Gasteiger partial charge is 0.333 e. The molecule has 6 nitrogen and oxygen atoms in total. The molecule has 22 heavy (non-hydrogen) atoms. The molecule has 0 unspecified atom stereocenters. The van der Waals surface area contributed by atoms with Crippen LogP contribution >= 0.6 is 23.1 Å². The molecule has 0 aromatic carbocycles. The van der Waals surface area contributed by atoms with Crippen molar-refractivity contribution in [2.45, 2.75) is 6.54 Å². The summed E-state index contributed by atoms with van der Waals surface area (Å²) < 4.78 is 9.90. The minimum atomic E-state index is -0.485. The number of hydrogen-bond donors (Lipinski definition) is 0. The van der Waals surface area contributed by atoms with Gasteiger partial charge in [0, 0.05) is 6.07 Å². The molecular formula is C14H12N2O4S2. The molecular weight excluding hydrogens is 324 g/mol. The Kier molecular flexibility index (Phi) is 4.30. The Morgan fingerprint density at radius 2 is 2.45 bits per heavy atom. The number of hydrogen-bond acceptors (Lipinski definition) is 7. The molecule has 1 aliphatic heterocycles. The first kappa shape index (κ1) is 14.9. The van der Waals surface area contributed by atoms with E-state index in [0.717, 1.165) is 4.88 Å². The molecule has 1 fully saturated rings. The number of carbonyl (C=O) groups is 2. The van der Waals surface area contributed by atoms with E-state index in [-0.39, 0.29) is 12.5 Å². The lowest BCUT2D eigenvalue weighted by Crippen LogP contribution is -2.24. The Hall–Kier alpha value is -2.06. The first-order valence-corrected chi connectivity index (χ1v) is 8.26. The normalized spacial score (nSPS) is 16.5. The summed E-state index contributed by atoms with van der Waals surface area (Å²) in [5, 5.41) is 6.51. The number of thiophene rings is 1. The van der Waals surface area contributed by atoms with Crippen molar-refractivity contribution >= 4 is 35.0 Å². The Bertz CT molecular complexity index is 721. The standard InChI is InChI=1S/C14H12N2O4S2/c1-19-14(18)6-13-16(12(17)8-22-13)7-9-5-10(20-15-9)11-3-2-4-21-11/h2-6H,7-8H2,1H3/b13-6+. The molecule has 0 atom stereocenters. The molecule has 3 heterocycles. The van der Waals surface area contributed by atoms with Crippen LogP contribution in [-0.4, -0.2) is 34.8 Å². The van der Waals surface area contributed by atoms with E-state index in [1.54, 1.807) is 17.4 Å². The molecule has 0 N–H and O–H groups in total. The summed E-state index contributed by atoms with van der Waals surface area (Å²) in [6.07, 6.45) is 1.32. The summed E-state index contributed by atoms with van der Waals surface area (Å²) >= 11 is 2.86. The molecule has 0 radical (unpaired) electrons. The van der Waals surface area contributed by atoms with Gasteiger partial charge in [0.2, 0.25) is 5.91 Å². The van der Waals surface area contributed by atoms with Crippen molar-refractivity contribution in [2.75, 3.05) is 12.9 Å². The maximum absolute atomic E-state index is 12.0. The van der Waals surface area contributed by atoms with Crippen LogP contribution in [0.4, 0.5) is 0 Å². The zero-order valence-corrected chi connectivity index (χ0v) is 13.3. The van der Waals surface area contributed by atoms with Crippen LogP contribution in [0.1, 0.15) is 5.69 Å². The Morgan fingerprint density at radius 3 is 3.18 bits per heavy atom. The summed E-state index contributed by atoms with van der Waals surface area (Å²) in [4.78, 5) is 25.8. The van der Waals surface area contributed by atoms with Gasteiger partial charge in [0.1, 0.15) is 5.69 Å². The number of esters is 1. The first-order valence-electron chi connectivity index (χ1n) is 6.39. The van der Waals surface area contributed by atoms with Crippen LogP contribution in [0.5, 0.6) is 0 Å². The van der Waals surface area contributed by atoms with Gasteiger partial charge in [-0.3, -0.25) is 9.69 Å². The Morgan fingerprint density at radius 1 is 1.59 bits per heavy atom. The molecule has 2 aromatic heterocycles. The molecule has 0 bridgehead atoms. The van der Waals surface area contributed by atoms with Gasteiger partial charge in [0.05, 0.1) is 35.4 Å². The van der Waals surface area contributed by atoms with Gasteiger partial charge < -0.3 is 9.26 Å². The number of thioether (sulfide) groups is 1. The highest BCUT2D eigenvalue weighted by Gasteiger charge is 2.28. The predicted octanol–water partition coefficient (Wildman–Crippen LogP) is 2.49. The number of rotatable bonds is 4. The highest BCUT2D eigenvalue weighted by molar-refractivity contribution is 8.04. The van der Waals surface area contributed by atoms with Crippen LogP contribution in [0, 0.1) is 0 Å². The third-order valence-electron chi connectivity index (χ3n) is 3.00. The quantitative estimate of drug-likeness (QED) is 0.631. The lowest BCUT2D eigenvalue weighted by Gasteiger charge is -2.14. The second-order valence-electron chi connectivity index (χ2n) is 4.43. The molecule has 1 amide bonds. The van der Waals surface area contributed by atoms with Crippen molar-refractivity contribution < 1.29 is 18.8 Å². The summed E-state index contributed by atoms with van der Waals surface area (Å²) in [7, 11) is 1.30.